The number of halogens is 6. The third kappa shape index (κ3) is 10.2. The molecule has 0 bridgehead atoms. The molecule has 64 heavy (non-hydrogen) atoms. The van der Waals surface area contributed by atoms with Gasteiger partial charge in [-0.15, -0.1) is 23.4 Å². The molecule has 4 aromatic carbocycles. The molecular formula is C46H40Cl6N10O2. The molecule has 0 aliphatic rings. The quantitative estimate of drug-likeness (QED) is 0.100. The lowest BCUT2D eigenvalue weighted by atomic mass is 10.2. The SMILES string of the molecule is C=CCn1c(-c2ccc(Cl)cc2)nn(Cc2c(C)ncn2Cc2c(Cl)cccc2Cl)c1=O.C=CCn1c(-c2ccc(Cl)cc2)nn(Cc2ncn(Cc3c(Cl)cccc3Cl)c2C)c1=O. The van der Waals surface area contributed by atoms with Gasteiger partial charge in [0.25, 0.3) is 0 Å². The van der Waals surface area contributed by atoms with Gasteiger partial charge in [0.05, 0.1) is 55.9 Å². The van der Waals surface area contributed by atoms with Crippen LogP contribution in [0.1, 0.15) is 33.9 Å². The van der Waals surface area contributed by atoms with E-state index in [2.05, 4.69) is 33.3 Å². The van der Waals surface area contributed by atoms with Crippen LogP contribution in [-0.2, 0) is 39.3 Å². The minimum Gasteiger partial charge on any atom is -0.330 e. The van der Waals surface area contributed by atoms with Crippen LogP contribution >= 0.6 is 69.6 Å². The van der Waals surface area contributed by atoms with E-state index in [-0.39, 0.29) is 24.5 Å². The number of hydrogen-bond acceptors (Lipinski definition) is 6. The fraction of sp³-hybridized carbons (Fsp3) is 0.174. The second-order valence-electron chi connectivity index (χ2n) is 14.5. The van der Waals surface area contributed by atoms with Gasteiger partial charge in [-0.25, -0.2) is 28.9 Å². The zero-order valence-corrected chi connectivity index (χ0v) is 39.1. The standard InChI is InChI=1S/2C23H20Cl3N5O/c1-3-11-30-22(16-7-9-17(24)10-8-16)28-31(23(30)32)13-21-15(2)29(14-27-21)12-18-19(25)5-4-6-20(18)26;1-3-11-30-22(16-7-9-17(24)10-8-16)28-31(23(30)32)13-21-15(2)27-14-29(21)12-18-19(25)5-4-6-20(18)26/h2*3-10,14H,1,11-13H2,2H3. The summed E-state index contributed by atoms with van der Waals surface area (Å²) in [6, 6.07) is 25.2. The van der Waals surface area contributed by atoms with Gasteiger partial charge in [-0.2, -0.15) is 0 Å². The Kier molecular flexibility index (Phi) is 14.9. The van der Waals surface area contributed by atoms with Gasteiger partial charge in [-0.05, 0) is 86.6 Å². The van der Waals surface area contributed by atoms with Gasteiger partial charge in [0.1, 0.15) is 0 Å². The van der Waals surface area contributed by atoms with Crippen molar-refractivity contribution >= 4 is 69.6 Å². The molecule has 0 radical (unpaired) electrons. The number of imidazole rings is 2. The Morgan fingerprint density at radius 1 is 0.547 bits per heavy atom. The van der Waals surface area contributed by atoms with E-state index < -0.39 is 0 Å². The second-order valence-corrected chi connectivity index (χ2v) is 17.1. The Balaban J connectivity index is 0.000000191. The van der Waals surface area contributed by atoms with Gasteiger partial charge >= 0.3 is 11.4 Å². The average Bonchev–Trinajstić information content (AvgIpc) is 3.99. The summed E-state index contributed by atoms with van der Waals surface area (Å²) in [6.45, 7) is 13.4. The molecule has 0 atom stereocenters. The third-order valence-corrected chi connectivity index (χ3v) is 12.3. The van der Waals surface area contributed by atoms with E-state index in [1.807, 2.05) is 53.3 Å². The van der Waals surface area contributed by atoms with Crippen LogP contribution in [0.2, 0.25) is 30.1 Å². The first-order valence-corrected chi connectivity index (χ1v) is 22.0. The number of benzene rings is 4. The fourth-order valence-corrected chi connectivity index (χ4v) is 8.23. The molecule has 0 N–H and O–H groups in total. The Hall–Kier alpha value is -5.60. The molecule has 4 heterocycles. The minimum absolute atomic E-state index is 0.235. The van der Waals surface area contributed by atoms with Crippen molar-refractivity contribution < 1.29 is 0 Å². The predicted molar refractivity (Wildman–Crippen MR) is 258 cm³/mol. The Bertz CT molecular complexity index is 3040. The molecule has 328 valence electrons. The molecule has 0 aliphatic carbocycles. The first-order valence-electron chi connectivity index (χ1n) is 19.7. The molecule has 4 aromatic heterocycles. The van der Waals surface area contributed by atoms with Crippen LogP contribution in [0.3, 0.4) is 0 Å². The number of hydrogen-bond donors (Lipinski definition) is 0. The van der Waals surface area contributed by atoms with Crippen LogP contribution in [0.15, 0.2) is 132 Å². The zero-order chi connectivity index (χ0) is 45.7. The summed E-state index contributed by atoms with van der Waals surface area (Å²) in [7, 11) is 0. The summed E-state index contributed by atoms with van der Waals surface area (Å²) in [5, 5.41) is 12.8. The van der Waals surface area contributed by atoms with E-state index in [9.17, 15) is 9.59 Å². The largest absolute Gasteiger partial charge is 0.346 e. The molecule has 8 rings (SSSR count). The van der Waals surface area contributed by atoms with Crippen molar-refractivity contribution in [3.8, 4) is 22.8 Å². The molecular weight excluding hydrogens is 937 g/mol. The summed E-state index contributed by atoms with van der Waals surface area (Å²) >= 11 is 37.4. The summed E-state index contributed by atoms with van der Waals surface area (Å²) in [6.07, 6.45) is 6.77. The zero-order valence-electron chi connectivity index (χ0n) is 34.6. The predicted octanol–water partition coefficient (Wildman–Crippen LogP) is 10.9. The third-order valence-electron chi connectivity index (χ3n) is 10.4. The second kappa shape index (κ2) is 20.5. The van der Waals surface area contributed by atoms with Crippen molar-refractivity contribution in [1.29, 1.82) is 0 Å². The Morgan fingerprint density at radius 3 is 1.42 bits per heavy atom. The molecule has 0 aliphatic heterocycles. The molecule has 18 heteroatoms. The maximum Gasteiger partial charge on any atom is 0.346 e. The summed E-state index contributed by atoms with van der Waals surface area (Å²) < 4.78 is 9.89. The van der Waals surface area contributed by atoms with Gasteiger partial charge in [0.2, 0.25) is 0 Å². The van der Waals surface area contributed by atoms with E-state index in [0.29, 0.717) is 68.0 Å². The van der Waals surface area contributed by atoms with E-state index in [1.54, 1.807) is 88.5 Å². The first-order chi connectivity index (χ1) is 30.8. The Labute approximate surface area is 398 Å². The minimum atomic E-state index is -0.238. The maximum absolute atomic E-state index is 13.2. The number of rotatable bonds is 14. The maximum atomic E-state index is 13.2. The Morgan fingerprint density at radius 2 is 0.969 bits per heavy atom. The van der Waals surface area contributed by atoms with Gasteiger partial charge in [-0.3, -0.25) is 9.13 Å². The summed E-state index contributed by atoms with van der Waals surface area (Å²) in [5.74, 6) is 1.09. The highest BCUT2D eigenvalue weighted by atomic mass is 35.5. The van der Waals surface area contributed by atoms with Crippen LogP contribution in [-0.4, -0.2) is 47.8 Å². The number of allylic oxidation sites excluding steroid dienone is 2. The molecule has 0 saturated heterocycles. The van der Waals surface area contributed by atoms with Crippen molar-refractivity contribution in [3.63, 3.8) is 0 Å². The highest BCUT2D eigenvalue weighted by molar-refractivity contribution is 6.36. The number of aromatic nitrogens is 10. The van der Waals surface area contributed by atoms with E-state index in [1.165, 1.54) is 9.36 Å². The van der Waals surface area contributed by atoms with Gasteiger partial charge in [0, 0.05) is 71.2 Å². The van der Waals surface area contributed by atoms with Gasteiger partial charge in [-0.1, -0.05) is 93.9 Å². The smallest absolute Gasteiger partial charge is 0.330 e. The van der Waals surface area contributed by atoms with E-state index >= 15 is 0 Å². The lowest BCUT2D eigenvalue weighted by Crippen LogP contribution is -2.26. The number of nitrogens with zero attached hydrogens (tertiary/aromatic N) is 10. The lowest BCUT2D eigenvalue weighted by molar-refractivity contribution is 0.599. The average molecular weight is 978 g/mol. The van der Waals surface area contributed by atoms with Crippen LogP contribution in [0, 0.1) is 13.8 Å². The topological polar surface area (TPSA) is 115 Å². The monoisotopic (exact) mass is 974 g/mol. The van der Waals surface area contributed by atoms with Gasteiger partial charge < -0.3 is 9.13 Å². The molecule has 12 nitrogen and oxygen atoms in total. The molecule has 8 aromatic rings. The van der Waals surface area contributed by atoms with Crippen molar-refractivity contribution in [3.05, 3.63) is 208 Å². The van der Waals surface area contributed by atoms with Crippen molar-refractivity contribution in [2.75, 3.05) is 0 Å². The summed E-state index contributed by atoms with van der Waals surface area (Å²) in [4.78, 5) is 35.1. The highest BCUT2D eigenvalue weighted by Gasteiger charge is 2.20. The number of aryl methyl sites for hydroxylation is 1. The van der Waals surface area contributed by atoms with Gasteiger partial charge in [0.15, 0.2) is 11.6 Å². The molecule has 0 amide bonds. The van der Waals surface area contributed by atoms with Crippen LogP contribution < -0.4 is 11.4 Å². The molecule has 0 fully saturated rings. The lowest BCUT2D eigenvalue weighted by Gasteiger charge is -2.11. The van der Waals surface area contributed by atoms with Crippen LogP contribution in [0.25, 0.3) is 22.8 Å². The van der Waals surface area contributed by atoms with Crippen molar-refractivity contribution in [2.24, 2.45) is 0 Å². The first kappa shape index (κ1) is 46.4. The van der Waals surface area contributed by atoms with E-state index in [0.717, 1.165) is 45.0 Å². The van der Waals surface area contributed by atoms with Crippen molar-refractivity contribution in [1.82, 2.24) is 47.8 Å². The molecule has 0 spiro atoms. The highest BCUT2D eigenvalue weighted by Crippen LogP contribution is 2.28. The normalized spacial score (nSPS) is 11.1. The fourth-order valence-electron chi connectivity index (χ4n) is 6.94. The van der Waals surface area contributed by atoms with E-state index in [4.69, 9.17) is 69.6 Å². The van der Waals surface area contributed by atoms with Crippen LogP contribution in [0.5, 0.6) is 0 Å². The van der Waals surface area contributed by atoms with Crippen LogP contribution in [0.4, 0.5) is 0 Å². The van der Waals surface area contributed by atoms with Crippen molar-refractivity contribution in [2.45, 2.75) is 53.1 Å². The molecule has 0 unspecified atom stereocenters. The summed E-state index contributed by atoms with van der Waals surface area (Å²) in [5.41, 5.74) is 6.00. The molecule has 0 saturated carbocycles.